The lowest BCUT2D eigenvalue weighted by atomic mass is 10.2. The SMILES string of the molecule is O=C(NCC(c1ccco1)n1cccn1)C(=O)Nc1ccccc1[N+](=O)[O-]. The molecule has 2 N–H and O–H groups in total. The van der Waals surface area contributed by atoms with Crippen molar-refractivity contribution in [3.8, 4) is 0 Å². The summed E-state index contributed by atoms with van der Waals surface area (Å²) >= 11 is 0. The summed E-state index contributed by atoms with van der Waals surface area (Å²) in [5.41, 5.74) is -0.360. The molecule has 27 heavy (non-hydrogen) atoms. The van der Waals surface area contributed by atoms with Crippen LogP contribution < -0.4 is 10.6 Å². The molecule has 138 valence electrons. The number of anilines is 1. The number of amides is 2. The summed E-state index contributed by atoms with van der Waals surface area (Å²) in [4.78, 5) is 34.5. The van der Waals surface area contributed by atoms with Crippen LogP contribution in [-0.2, 0) is 9.59 Å². The van der Waals surface area contributed by atoms with Gasteiger partial charge in [0, 0.05) is 25.0 Å². The average molecular weight is 369 g/mol. The molecule has 2 amide bonds. The number of nitrogens with zero attached hydrogens (tertiary/aromatic N) is 3. The molecule has 0 aliphatic heterocycles. The van der Waals surface area contributed by atoms with Crippen molar-refractivity contribution in [2.24, 2.45) is 0 Å². The zero-order valence-corrected chi connectivity index (χ0v) is 13.9. The van der Waals surface area contributed by atoms with Gasteiger partial charge in [-0.05, 0) is 24.3 Å². The first-order valence-corrected chi connectivity index (χ1v) is 7.91. The van der Waals surface area contributed by atoms with E-state index in [4.69, 9.17) is 4.42 Å². The van der Waals surface area contributed by atoms with E-state index in [1.54, 1.807) is 35.3 Å². The van der Waals surface area contributed by atoms with Crippen molar-refractivity contribution in [3.63, 3.8) is 0 Å². The van der Waals surface area contributed by atoms with Gasteiger partial charge < -0.3 is 15.1 Å². The summed E-state index contributed by atoms with van der Waals surface area (Å²) in [7, 11) is 0. The maximum Gasteiger partial charge on any atom is 0.313 e. The van der Waals surface area contributed by atoms with Crippen LogP contribution in [0.3, 0.4) is 0 Å². The van der Waals surface area contributed by atoms with E-state index in [9.17, 15) is 19.7 Å². The number of hydrogen-bond donors (Lipinski definition) is 2. The maximum absolute atomic E-state index is 12.1. The molecule has 0 spiro atoms. The molecule has 0 radical (unpaired) electrons. The third kappa shape index (κ3) is 4.18. The number of para-hydroxylation sites is 2. The molecule has 2 aromatic heterocycles. The maximum atomic E-state index is 12.1. The van der Waals surface area contributed by atoms with Gasteiger partial charge in [-0.15, -0.1) is 0 Å². The quantitative estimate of drug-likeness (QED) is 0.386. The summed E-state index contributed by atoms with van der Waals surface area (Å²) in [6, 6.07) is 10.3. The summed E-state index contributed by atoms with van der Waals surface area (Å²) in [6.07, 6.45) is 4.78. The van der Waals surface area contributed by atoms with Crippen molar-refractivity contribution in [1.29, 1.82) is 0 Å². The molecule has 0 aliphatic carbocycles. The van der Waals surface area contributed by atoms with Crippen LogP contribution in [0.2, 0.25) is 0 Å². The highest BCUT2D eigenvalue weighted by Crippen LogP contribution is 2.23. The molecule has 0 saturated carbocycles. The number of hydrogen-bond acceptors (Lipinski definition) is 6. The fourth-order valence-electron chi connectivity index (χ4n) is 2.46. The predicted octanol–water partition coefficient (Wildman–Crippen LogP) is 1.73. The van der Waals surface area contributed by atoms with Gasteiger partial charge >= 0.3 is 11.8 Å². The van der Waals surface area contributed by atoms with E-state index >= 15 is 0 Å². The molecule has 3 aromatic rings. The van der Waals surface area contributed by atoms with Gasteiger partial charge in [0.2, 0.25) is 0 Å². The van der Waals surface area contributed by atoms with Crippen molar-refractivity contribution >= 4 is 23.2 Å². The molecule has 1 atom stereocenters. The van der Waals surface area contributed by atoms with Crippen LogP contribution >= 0.6 is 0 Å². The molecule has 0 bridgehead atoms. The number of furan rings is 1. The van der Waals surface area contributed by atoms with Gasteiger partial charge in [0.15, 0.2) is 0 Å². The third-order valence-corrected chi connectivity index (χ3v) is 3.73. The second-order valence-electron chi connectivity index (χ2n) is 5.46. The average Bonchev–Trinajstić information content (AvgIpc) is 3.36. The third-order valence-electron chi connectivity index (χ3n) is 3.73. The molecule has 10 heteroatoms. The van der Waals surface area contributed by atoms with E-state index in [-0.39, 0.29) is 17.9 Å². The Labute approximate surface area is 152 Å². The zero-order chi connectivity index (χ0) is 19.2. The number of nitrogens with one attached hydrogen (secondary N) is 2. The minimum Gasteiger partial charge on any atom is -0.467 e. The standard InChI is InChI=1S/C17H15N5O5/c23-16(17(24)20-12-5-1-2-6-13(12)22(25)26)18-11-14(15-7-3-10-27-15)21-9-4-8-19-21/h1-10,14H,11H2,(H,18,23)(H,20,24). The summed E-state index contributed by atoms with van der Waals surface area (Å²) in [5, 5.41) is 19.8. The summed E-state index contributed by atoms with van der Waals surface area (Å²) in [5.74, 6) is -1.39. The van der Waals surface area contributed by atoms with Gasteiger partial charge in [-0.1, -0.05) is 12.1 Å². The Morgan fingerprint density at radius 2 is 2.00 bits per heavy atom. The minimum absolute atomic E-state index is 0.0400. The lowest BCUT2D eigenvalue weighted by Crippen LogP contribution is -2.39. The Balaban J connectivity index is 1.66. The number of carbonyl (C=O) groups is 2. The van der Waals surface area contributed by atoms with Gasteiger partial charge in [0.25, 0.3) is 5.69 Å². The highest BCUT2D eigenvalue weighted by molar-refractivity contribution is 6.39. The molecule has 0 saturated heterocycles. The van der Waals surface area contributed by atoms with Gasteiger partial charge in [0.05, 0.1) is 11.2 Å². The number of benzene rings is 1. The zero-order valence-electron chi connectivity index (χ0n) is 13.9. The van der Waals surface area contributed by atoms with Gasteiger partial charge in [-0.2, -0.15) is 5.10 Å². The first kappa shape index (κ1) is 17.9. The molecular weight excluding hydrogens is 354 g/mol. The Kier molecular flexibility index (Phi) is 5.26. The van der Waals surface area contributed by atoms with Crippen LogP contribution in [0.5, 0.6) is 0 Å². The fourth-order valence-corrected chi connectivity index (χ4v) is 2.46. The van der Waals surface area contributed by atoms with E-state index in [0.29, 0.717) is 5.76 Å². The highest BCUT2D eigenvalue weighted by atomic mass is 16.6. The van der Waals surface area contributed by atoms with E-state index in [2.05, 4.69) is 15.7 Å². The molecule has 1 aromatic carbocycles. The normalized spacial score (nSPS) is 11.6. The van der Waals surface area contributed by atoms with Crippen molar-refractivity contribution in [2.45, 2.75) is 6.04 Å². The lowest BCUT2D eigenvalue weighted by Gasteiger charge is -2.16. The highest BCUT2D eigenvalue weighted by Gasteiger charge is 2.22. The second kappa shape index (κ2) is 7.95. The number of nitro benzene ring substituents is 1. The lowest BCUT2D eigenvalue weighted by molar-refractivity contribution is -0.383. The smallest absolute Gasteiger partial charge is 0.313 e. The fraction of sp³-hybridized carbons (Fsp3) is 0.118. The van der Waals surface area contributed by atoms with E-state index in [1.165, 1.54) is 30.5 Å². The van der Waals surface area contributed by atoms with Crippen LogP contribution in [0.4, 0.5) is 11.4 Å². The van der Waals surface area contributed by atoms with Gasteiger partial charge in [-0.25, -0.2) is 0 Å². The Morgan fingerprint density at radius 3 is 2.67 bits per heavy atom. The van der Waals surface area contributed by atoms with E-state index < -0.39 is 22.8 Å². The predicted molar refractivity (Wildman–Crippen MR) is 93.8 cm³/mol. The van der Waals surface area contributed by atoms with Crippen LogP contribution in [0, 0.1) is 10.1 Å². The minimum atomic E-state index is -1.01. The van der Waals surface area contributed by atoms with Crippen molar-refractivity contribution in [2.75, 3.05) is 11.9 Å². The monoisotopic (exact) mass is 369 g/mol. The molecule has 0 fully saturated rings. The molecule has 2 heterocycles. The second-order valence-corrected chi connectivity index (χ2v) is 5.46. The van der Waals surface area contributed by atoms with Gasteiger partial charge in [0.1, 0.15) is 17.5 Å². The Bertz CT molecular complexity index is 902. The van der Waals surface area contributed by atoms with Crippen LogP contribution in [0.15, 0.2) is 65.5 Å². The van der Waals surface area contributed by atoms with Crippen LogP contribution in [-0.4, -0.2) is 33.1 Å². The Hall–Kier alpha value is -3.95. The first-order chi connectivity index (χ1) is 13.1. The van der Waals surface area contributed by atoms with E-state index in [0.717, 1.165) is 0 Å². The summed E-state index contributed by atoms with van der Waals surface area (Å²) < 4.78 is 6.94. The number of aromatic nitrogens is 2. The Morgan fingerprint density at radius 1 is 1.19 bits per heavy atom. The van der Waals surface area contributed by atoms with Crippen molar-refractivity contribution < 1.29 is 18.9 Å². The number of rotatable bonds is 6. The molecular formula is C17H15N5O5. The van der Waals surface area contributed by atoms with Crippen molar-refractivity contribution in [3.05, 3.63) is 77.0 Å². The molecule has 10 nitrogen and oxygen atoms in total. The molecule has 3 rings (SSSR count). The number of nitro groups is 1. The van der Waals surface area contributed by atoms with E-state index in [1.807, 2.05) is 0 Å². The topological polar surface area (TPSA) is 132 Å². The summed E-state index contributed by atoms with van der Waals surface area (Å²) in [6.45, 7) is 0.0400. The van der Waals surface area contributed by atoms with Crippen LogP contribution in [0.1, 0.15) is 11.8 Å². The molecule has 1 unspecified atom stereocenters. The van der Waals surface area contributed by atoms with Crippen molar-refractivity contribution in [1.82, 2.24) is 15.1 Å². The number of carbonyl (C=O) groups excluding carboxylic acids is 2. The van der Waals surface area contributed by atoms with Gasteiger partial charge in [-0.3, -0.25) is 24.4 Å². The largest absolute Gasteiger partial charge is 0.467 e. The first-order valence-electron chi connectivity index (χ1n) is 7.91. The van der Waals surface area contributed by atoms with Crippen LogP contribution in [0.25, 0.3) is 0 Å². The molecule has 0 aliphatic rings.